The molecule has 12 heteroatoms. The molecule has 250 valence electrons. The van der Waals surface area contributed by atoms with Crippen LogP contribution in [0.3, 0.4) is 0 Å². The van der Waals surface area contributed by atoms with Crippen LogP contribution >= 0.6 is 0 Å². The maximum absolute atomic E-state index is 6.13. The molecule has 2 heterocycles. The number of hydrogen-bond donors (Lipinski definition) is 0. The molecule has 46 heavy (non-hydrogen) atoms. The highest BCUT2D eigenvalue weighted by atomic mass is 16.5. The number of benzene rings is 2. The van der Waals surface area contributed by atoms with Gasteiger partial charge in [0.2, 0.25) is 0 Å². The van der Waals surface area contributed by atoms with Crippen LogP contribution in [-0.2, 0) is 12.8 Å². The Labute approximate surface area is 271 Å². The fraction of sp³-hybridized carbons (Fsp3) is 0.529. The molecule has 0 radical (unpaired) electrons. The lowest BCUT2D eigenvalue weighted by molar-refractivity contribution is 0.343. The number of methoxy groups -OCH3 is 6. The van der Waals surface area contributed by atoms with E-state index in [9.17, 15) is 0 Å². The molecule has 12 nitrogen and oxygen atoms in total. The summed E-state index contributed by atoms with van der Waals surface area (Å²) >= 11 is 0. The molecule has 2 aromatic heterocycles. The van der Waals surface area contributed by atoms with Gasteiger partial charge in [-0.3, -0.25) is 0 Å². The molecule has 0 aliphatic rings. The van der Waals surface area contributed by atoms with Gasteiger partial charge in [-0.05, 0) is 25.7 Å². The van der Waals surface area contributed by atoms with Crippen LogP contribution < -0.4 is 28.4 Å². The van der Waals surface area contributed by atoms with Gasteiger partial charge < -0.3 is 28.4 Å². The summed E-state index contributed by atoms with van der Waals surface area (Å²) in [6, 6.07) is 3.64. The van der Waals surface area contributed by atoms with E-state index < -0.39 is 0 Å². The molecule has 2 aromatic carbocycles. The van der Waals surface area contributed by atoms with Crippen LogP contribution in [0.1, 0.15) is 76.6 Å². The summed E-state index contributed by atoms with van der Waals surface area (Å²) in [4.78, 5) is 0. The van der Waals surface area contributed by atoms with Gasteiger partial charge in [-0.2, -0.15) is 0 Å². The molecule has 0 atom stereocenters. The van der Waals surface area contributed by atoms with Crippen molar-refractivity contribution in [3.05, 3.63) is 35.9 Å². The quantitative estimate of drug-likeness (QED) is 0.102. The zero-order chi connectivity index (χ0) is 33.1. The molecule has 0 N–H and O–H groups in total. The molecule has 4 rings (SSSR count). The van der Waals surface area contributed by atoms with Gasteiger partial charge in [0, 0.05) is 12.1 Å². The Balaban J connectivity index is 1.94. The third-order valence-corrected chi connectivity index (χ3v) is 8.01. The van der Waals surface area contributed by atoms with Crippen LogP contribution in [0.4, 0.5) is 0 Å². The molecular weight excluding hydrogens is 588 g/mol. The van der Waals surface area contributed by atoms with Gasteiger partial charge in [0.15, 0.2) is 34.5 Å². The number of rotatable bonds is 19. The van der Waals surface area contributed by atoms with Crippen LogP contribution in [-0.4, -0.2) is 72.6 Å². The molecule has 0 aliphatic heterocycles. The van der Waals surface area contributed by atoms with Crippen molar-refractivity contribution in [3.63, 3.8) is 0 Å². The molecule has 0 bridgehead atoms. The van der Waals surface area contributed by atoms with E-state index >= 15 is 0 Å². The number of hydrogen-bond acceptors (Lipinski definition) is 10. The number of nitrogens with zero attached hydrogens (tertiary/aromatic N) is 6. The SMILES string of the molecule is CCCCCCc1cn(-c2cc(OC)c(OC)c(-c3c(OC)c(OC)cc(-n4cc(CCCCCC)nn4)c3OC)c2OC)nn1. The number of aromatic nitrogens is 6. The molecule has 0 spiro atoms. The van der Waals surface area contributed by atoms with Crippen LogP contribution in [0.5, 0.6) is 34.5 Å². The normalized spacial score (nSPS) is 11.0. The first-order valence-corrected chi connectivity index (χ1v) is 16.0. The predicted octanol–water partition coefficient (Wildman–Crippen LogP) is 6.81. The summed E-state index contributed by atoms with van der Waals surface area (Å²) in [7, 11) is 9.51. The van der Waals surface area contributed by atoms with Crippen LogP contribution in [0.25, 0.3) is 22.5 Å². The van der Waals surface area contributed by atoms with Gasteiger partial charge in [0.1, 0.15) is 11.4 Å². The summed E-state index contributed by atoms with van der Waals surface area (Å²) < 4.78 is 39.3. The van der Waals surface area contributed by atoms with Gasteiger partial charge in [-0.15, -0.1) is 10.2 Å². The minimum atomic E-state index is 0.411. The van der Waals surface area contributed by atoms with Crippen LogP contribution in [0.15, 0.2) is 24.5 Å². The second-order valence-electron chi connectivity index (χ2n) is 11.0. The van der Waals surface area contributed by atoms with E-state index in [2.05, 4.69) is 34.5 Å². The molecule has 0 unspecified atom stereocenters. The van der Waals surface area contributed by atoms with Gasteiger partial charge >= 0.3 is 0 Å². The number of unbranched alkanes of at least 4 members (excludes halogenated alkanes) is 6. The van der Waals surface area contributed by atoms with Gasteiger partial charge in [-0.25, -0.2) is 9.36 Å². The summed E-state index contributed by atoms with van der Waals surface area (Å²) in [5.74, 6) is 2.63. The Kier molecular flexibility index (Phi) is 12.5. The summed E-state index contributed by atoms with van der Waals surface area (Å²) in [6.45, 7) is 4.40. The van der Waals surface area contributed by atoms with E-state index in [4.69, 9.17) is 28.4 Å². The maximum Gasteiger partial charge on any atom is 0.172 e. The largest absolute Gasteiger partial charge is 0.494 e. The average molecular weight is 637 g/mol. The Morgan fingerprint density at radius 2 is 0.891 bits per heavy atom. The van der Waals surface area contributed by atoms with Crippen molar-refractivity contribution in [2.75, 3.05) is 42.7 Å². The van der Waals surface area contributed by atoms with Gasteiger partial charge in [-0.1, -0.05) is 62.8 Å². The highest BCUT2D eigenvalue weighted by Crippen LogP contribution is 2.56. The van der Waals surface area contributed by atoms with Gasteiger partial charge in [0.25, 0.3) is 0 Å². The molecule has 0 fully saturated rings. The van der Waals surface area contributed by atoms with Crippen LogP contribution in [0.2, 0.25) is 0 Å². The monoisotopic (exact) mass is 636 g/mol. The van der Waals surface area contributed by atoms with Crippen molar-refractivity contribution in [2.24, 2.45) is 0 Å². The minimum absolute atomic E-state index is 0.411. The first kappa shape index (κ1) is 34.4. The van der Waals surface area contributed by atoms with Gasteiger partial charge in [0.05, 0.1) is 77.6 Å². The van der Waals surface area contributed by atoms with Crippen molar-refractivity contribution in [3.8, 4) is 57.0 Å². The predicted molar refractivity (Wildman–Crippen MR) is 177 cm³/mol. The van der Waals surface area contributed by atoms with E-state index in [1.807, 2.05) is 24.5 Å². The Bertz CT molecular complexity index is 1450. The Hall–Kier alpha value is -4.48. The number of aryl methyl sites for hydroxylation is 2. The lowest BCUT2D eigenvalue weighted by Gasteiger charge is -2.24. The molecule has 4 aromatic rings. The Morgan fingerprint density at radius 1 is 0.500 bits per heavy atom. The van der Waals surface area contributed by atoms with E-state index in [1.165, 1.54) is 25.7 Å². The molecular formula is C34H48N6O6. The fourth-order valence-electron chi connectivity index (χ4n) is 5.66. The standard InChI is InChI=1S/C34H48N6O6/c1-9-11-13-15-17-23-21-39(37-35-23)25-19-27(41-3)33(45-7)29(31(25)43-5)30-32(44-6)26(20-28(42-4)34(30)46-8)40-22-24(36-38-40)18-16-14-12-10-2/h19-22H,9-18H2,1-8H3. The molecule has 0 amide bonds. The molecule has 0 aliphatic carbocycles. The third kappa shape index (κ3) is 7.32. The lowest BCUT2D eigenvalue weighted by Crippen LogP contribution is -2.08. The maximum atomic E-state index is 6.13. The minimum Gasteiger partial charge on any atom is -0.494 e. The Morgan fingerprint density at radius 3 is 1.22 bits per heavy atom. The van der Waals surface area contributed by atoms with Crippen molar-refractivity contribution < 1.29 is 28.4 Å². The van der Waals surface area contributed by atoms with Crippen molar-refractivity contribution in [1.29, 1.82) is 0 Å². The third-order valence-electron chi connectivity index (χ3n) is 8.01. The highest BCUT2D eigenvalue weighted by molar-refractivity contribution is 5.93. The smallest absolute Gasteiger partial charge is 0.172 e. The highest BCUT2D eigenvalue weighted by Gasteiger charge is 2.32. The topological polar surface area (TPSA) is 117 Å². The van der Waals surface area contributed by atoms with Crippen molar-refractivity contribution in [2.45, 2.75) is 78.1 Å². The van der Waals surface area contributed by atoms with E-state index in [-0.39, 0.29) is 0 Å². The van der Waals surface area contributed by atoms with Crippen LogP contribution in [0, 0.1) is 0 Å². The van der Waals surface area contributed by atoms with E-state index in [1.54, 1.807) is 52.0 Å². The average Bonchev–Trinajstić information content (AvgIpc) is 3.76. The van der Waals surface area contributed by atoms with Crippen molar-refractivity contribution >= 4 is 0 Å². The lowest BCUT2D eigenvalue weighted by atomic mass is 9.97. The summed E-state index contributed by atoms with van der Waals surface area (Å²) in [5.41, 5.74) is 4.04. The second-order valence-corrected chi connectivity index (χ2v) is 11.0. The zero-order valence-corrected chi connectivity index (χ0v) is 28.5. The first-order valence-electron chi connectivity index (χ1n) is 16.0. The van der Waals surface area contributed by atoms with E-state index in [0.29, 0.717) is 57.0 Å². The molecule has 0 saturated heterocycles. The second kappa shape index (κ2) is 16.7. The summed E-state index contributed by atoms with van der Waals surface area (Å²) in [6.07, 6.45) is 14.6. The summed E-state index contributed by atoms with van der Waals surface area (Å²) in [5, 5.41) is 17.8. The fourth-order valence-corrected chi connectivity index (χ4v) is 5.66. The zero-order valence-electron chi connectivity index (χ0n) is 28.5. The first-order chi connectivity index (χ1) is 22.5. The molecule has 0 saturated carbocycles. The number of ether oxygens (including phenoxy) is 6. The van der Waals surface area contributed by atoms with Crippen molar-refractivity contribution in [1.82, 2.24) is 30.0 Å². The van der Waals surface area contributed by atoms with E-state index in [0.717, 1.165) is 49.9 Å².